The number of aliphatic hydroxyl groups is 1. The van der Waals surface area contributed by atoms with Crippen molar-refractivity contribution in [1.82, 2.24) is 9.80 Å². The number of Topliss-reactive ketones (excluding diaryl/α,β-unsaturated/α-hetero) is 1. The molecule has 0 unspecified atom stereocenters. The maximum atomic E-state index is 13.5. The number of likely N-dealkylation sites (N-methyl/N-ethyl adjacent to an activating group) is 1. The van der Waals surface area contributed by atoms with Crippen LogP contribution in [0.15, 0.2) is 109 Å². The third-order valence-electron chi connectivity index (χ3n) is 7.18. The summed E-state index contributed by atoms with van der Waals surface area (Å²) < 4.78 is 12.0. The molecule has 1 aliphatic rings. The standard InChI is InChI=1S/C35H34N2O5/c1-24-21-28(41-23-25-11-6-4-7-12-25)17-18-30(24)33(38)31-32(37(20-19-36(2)3)35(40)34(31)39)26-13-10-16-29(22-26)42-27-14-8-5-9-15-27/h4-18,21-22,32,38H,19-20,23H2,1-3H3/b33-31+/t32-/m1/s1. The number of aryl methyl sites for hydroxylation is 1. The van der Waals surface area contributed by atoms with Gasteiger partial charge in [-0.15, -0.1) is 0 Å². The van der Waals surface area contributed by atoms with E-state index >= 15 is 0 Å². The fourth-order valence-corrected chi connectivity index (χ4v) is 5.02. The van der Waals surface area contributed by atoms with Crippen LogP contribution in [-0.4, -0.2) is 53.8 Å². The Morgan fingerprint density at radius 2 is 1.52 bits per heavy atom. The number of likely N-dealkylation sites (tertiary alicyclic amines) is 1. The van der Waals surface area contributed by atoms with Gasteiger partial charge in [-0.05, 0) is 80.2 Å². The van der Waals surface area contributed by atoms with E-state index in [1.165, 1.54) is 4.90 Å². The molecule has 0 aliphatic carbocycles. The minimum Gasteiger partial charge on any atom is -0.507 e. The molecule has 1 fully saturated rings. The van der Waals surface area contributed by atoms with Gasteiger partial charge in [0.15, 0.2) is 0 Å². The van der Waals surface area contributed by atoms with Gasteiger partial charge in [0.05, 0.1) is 11.6 Å². The van der Waals surface area contributed by atoms with Crippen molar-refractivity contribution in [3.63, 3.8) is 0 Å². The molecule has 0 bridgehead atoms. The highest BCUT2D eigenvalue weighted by Crippen LogP contribution is 2.41. The predicted octanol–water partition coefficient (Wildman–Crippen LogP) is 6.35. The molecule has 1 atom stereocenters. The van der Waals surface area contributed by atoms with Gasteiger partial charge >= 0.3 is 0 Å². The first-order valence-corrected chi connectivity index (χ1v) is 13.9. The van der Waals surface area contributed by atoms with E-state index in [4.69, 9.17) is 9.47 Å². The lowest BCUT2D eigenvalue weighted by Crippen LogP contribution is -2.35. The van der Waals surface area contributed by atoms with E-state index in [2.05, 4.69) is 0 Å². The van der Waals surface area contributed by atoms with Crippen LogP contribution in [0, 0.1) is 6.92 Å². The van der Waals surface area contributed by atoms with Crippen molar-refractivity contribution >= 4 is 17.4 Å². The number of ether oxygens (including phenoxy) is 2. The maximum Gasteiger partial charge on any atom is 0.295 e. The van der Waals surface area contributed by atoms with Crippen molar-refractivity contribution in [3.05, 3.63) is 131 Å². The smallest absolute Gasteiger partial charge is 0.295 e. The number of para-hydroxylation sites is 1. The zero-order valence-electron chi connectivity index (χ0n) is 24.0. The molecule has 1 saturated heterocycles. The first kappa shape index (κ1) is 28.6. The molecule has 0 saturated carbocycles. The Balaban J connectivity index is 1.51. The number of aliphatic hydroxyl groups excluding tert-OH is 1. The highest BCUT2D eigenvalue weighted by Gasteiger charge is 2.46. The first-order valence-electron chi connectivity index (χ1n) is 13.9. The Morgan fingerprint density at radius 1 is 0.833 bits per heavy atom. The SMILES string of the molecule is Cc1cc(OCc2ccccc2)ccc1/C(O)=C1\C(=O)C(=O)N(CCN(C)C)[C@@H]1c1cccc(Oc2ccccc2)c1. The summed E-state index contributed by atoms with van der Waals surface area (Å²) in [4.78, 5) is 30.3. The lowest BCUT2D eigenvalue weighted by atomic mass is 9.93. The van der Waals surface area contributed by atoms with Crippen LogP contribution in [0.1, 0.15) is 28.3 Å². The van der Waals surface area contributed by atoms with E-state index in [0.717, 1.165) is 11.1 Å². The van der Waals surface area contributed by atoms with Gasteiger partial charge < -0.3 is 24.4 Å². The van der Waals surface area contributed by atoms with E-state index in [1.54, 1.807) is 12.1 Å². The van der Waals surface area contributed by atoms with Gasteiger partial charge in [0.1, 0.15) is 29.6 Å². The quantitative estimate of drug-likeness (QED) is 0.138. The van der Waals surface area contributed by atoms with Crippen molar-refractivity contribution in [2.45, 2.75) is 19.6 Å². The van der Waals surface area contributed by atoms with Crippen LogP contribution in [0.2, 0.25) is 0 Å². The lowest BCUT2D eigenvalue weighted by Gasteiger charge is -2.27. The van der Waals surface area contributed by atoms with Gasteiger partial charge in [-0.3, -0.25) is 9.59 Å². The molecule has 4 aromatic rings. The topological polar surface area (TPSA) is 79.3 Å². The number of carbonyl (C=O) groups excluding carboxylic acids is 2. The Bertz CT molecular complexity index is 1600. The van der Waals surface area contributed by atoms with Crippen molar-refractivity contribution in [2.24, 2.45) is 0 Å². The fraction of sp³-hybridized carbons (Fsp3) is 0.200. The van der Waals surface area contributed by atoms with E-state index in [1.807, 2.05) is 117 Å². The molecule has 4 aromatic carbocycles. The second-order valence-corrected chi connectivity index (χ2v) is 10.5. The lowest BCUT2D eigenvalue weighted by molar-refractivity contribution is -0.140. The summed E-state index contributed by atoms with van der Waals surface area (Å²) in [5.74, 6) is 0.302. The van der Waals surface area contributed by atoms with E-state index < -0.39 is 17.7 Å². The molecule has 0 radical (unpaired) electrons. The second-order valence-electron chi connectivity index (χ2n) is 10.5. The van der Waals surface area contributed by atoms with Crippen molar-refractivity contribution in [3.8, 4) is 17.2 Å². The number of rotatable bonds is 10. The summed E-state index contributed by atoms with van der Waals surface area (Å²) in [5.41, 5.74) is 2.95. The summed E-state index contributed by atoms with van der Waals surface area (Å²) in [6.45, 7) is 3.12. The van der Waals surface area contributed by atoms with E-state index in [0.29, 0.717) is 48.1 Å². The Kier molecular flexibility index (Phi) is 8.69. The molecule has 1 N–H and O–H groups in total. The minimum absolute atomic E-state index is 0.0525. The van der Waals surface area contributed by atoms with Crippen LogP contribution >= 0.6 is 0 Å². The van der Waals surface area contributed by atoms with Crippen LogP contribution in [0.4, 0.5) is 0 Å². The molecule has 0 spiro atoms. The molecule has 7 nitrogen and oxygen atoms in total. The number of hydrogen-bond acceptors (Lipinski definition) is 6. The molecule has 42 heavy (non-hydrogen) atoms. The number of nitrogens with zero attached hydrogens (tertiary/aromatic N) is 2. The van der Waals surface area contributed by atoms with Gasteiger partial charge in [-0.2, -0.15) is 0 Å². The third-order valence-corrected chi connectivity index (χ3v) is 7.18. The number of benzene rings is 4. The minimum atomic E-state index is -0.780. The molecule has 7 heteroatoms. The molecule has 214 valence electrons. The Labute approximate surface area is 246 Å². The number of carbonyl (C=O) groups is 2. The molecule has 0 aromatic heterocycles. The molecular formula is C35H34N2O5. The highest BCUT2D eigenvalue weighted by molar-refractivity contribution is 6.46. The second kappa shape index (κ2) is 12.7. The third kappa shape index (κ3) is 6.37. The molecule has 1 amide bonds. The summed E-state index contributed by atoms with van der Waals surface area (Å²) in [6, 6.07) is 31.1. The zero-order chi connectivity index (χ0) is 29.6. The molecular weight excluding hydrogens is 528 g/mol. The maximum absolute atomic E-state index is 13.5. The van der Waals surface area contributed by atoms with Crippen LogP contribution < -0.4 is 9.47 Å². The normalized spacial score (nSPS) is 16.2. The van der Waals surface area contributed by atoms with Crippen molar-refractivity contribution < 1.29 is 24.2 Å². The van der Waals surface area contributed by atoms with Crippen molar-refractivity contribution in [2.75, 3.05) is 27.2 Å². The van der Waals surface area contributed by atoms with Gasteiger partial charge in [-0.25, -0.2) is 0 Å². The summed E-state index contributed by atoms with van der Waals surface area (Å²) in [6.07, 6.45) is 0. The average molecular weight is 563 g/mol. The zero-order valence-corrected chi connectivity index (χ0v) is 24.0. The van der Waals surface area contributed by atoms with Crippen LogP contribution in [0.5, 0.6) is 17.2 Å². The van der Waals surface area contributed by atoms with Gasteiger partial charge in [-0.1, -0.05) is 60.7 Å². The van der Waals surface area contributed by atoms with Crippen LogP contribution in [0.25, 0.3) is 5.76 Å². The number of amides is 1. The summed E-state index contributed by atoms with van der Waals surface area (Å²) in [7, 11) is 3.81. The molecule has 1 aliphatic heterocycles. The van der Waals surface area contributed by atoms with Crippen molar-refractivity contribution in [1.29, 1.82) is 0 Å². The van der Waals surface area contributed by atoms with E-state index in [9.17, 15) is 14.7 Å². The monoisotopic (exact) mass is 562 g/mol. The Morgan fingerprint density at radius 3 is 2.21 bits per heavy atom. The first-order chi connectivity index (χ1) is 20.3. The number of ketones is 1. The van der Waals surface area contributed by atoms with Crippen LogP contribution in [0.3, 0.4) is 0 Å². The van der Waals surface area contributed by atoms with Crippen LogP contribution in [-0.2, 0) is 16.2 Å². The number of hydrogen-bond donors (Lipinski definition) is 1. The van der Waals surface area contributed by atoms with Gasteiger partial charge in [0.25, 0.3) is 11.7 Å². The molecule has 5 rings (SSSR count). The predicted molar refractivity (Wildman–Crippen MR) is 162 cm³/mol. The van der Waals surface area contributed by atoms with Gasteiger partial charge in [0.2, 0.25) is 0 Å². The summed E-state index contributed by atoms with van der Waals surface area (Å²) >= 11 is 0. The largest absolute Gasteiger partial charge is 0.507 e. The fourth-order valence-electron chi connectivity index (χ4n) is 5.02. The molecule has 1 heterocycles. The van der Waals surface area contributed by atoms with E-state index in [-0.39, 0.29) is 11.3 Å². The average Bonchev–Trinajstić information content (AvgIpc) is 3.25. The highest BCUT2D eigenvalue weighted by atomic mass is 16.5. The Hall–Kier alpha value is -4.88. The summed E-state index contributed by atoms with van der Waals surface area (Å²) in [5, 5.41) is 11.6. The van der Waals surface area contributed by atoms with Gasteiger partial charge in [0, 0.05) is 18.7 Å².